The van der Waals surface area contributed by atoms with Crippen molar-refractivity contribution in [1.29, 1.82) is 0 Å². The van der Waals surface area contributed by atoms with Crippen LogP contribution in [-0.2, 0) is 0 Å². The second-order valence-electron chi connectivity index (χ2n) is 8.05. The lowest BCUT2D eigenvalue weighted by molar-refractivity contribution is -0.384. The second-order valence-corrected chi connectivity index (χ2v) is 8.44. The minimum Gasteiger partial charge on any atom is -0.352 e. The van der Waals surface area contributed by atoms with E-state index in [2.05, 4.69) is 44.8 Å². The van der Waals surface area contributed by atoms with Crippen LogP contribution in [0.5, 0.6) is 0 Å². The Morgan fingerprint density at radius 2 is 1.94 bits per heavy atom. The molecule has 1 fully saturated rings. The van der Waals surface area contributed by atoms with Crippen molar-refractivity contribution < 1.29 is 4.92 Å². The molecule has 166 valence electrons. The van der Waals surface area contributed by atoms with Gasteiger partial charge in [-0.2, -0.15) is 0 Å². The van der Waals surface area contributed by atoms with Crippen molar-refractivity contribution in [2.24, 2.45) is 0 Å². The van der Waals surface area contributed by atoms with Crippen molar-refractivity contribution >= 4 is 23.0 Å². The third kappa shape index (κ3) is 4.49. The van der Waals surface area contributed by atoms with Crippen LogP contribution >= 0.6 is 12.2 Å². The predicted molar refractivity (Wildman–Crippen MR) is 128 cm³/mol. The van der Waals surface area contributed by atoms with E-state index in [1.165, 1.54) is 12.1 Å². The topological polar surface area (TPSA) is 79.5 Å². The Morgan fingerprint density at radius 1 is 1.16 bits per heavy atom. The van der Waals surface area contributed by atoms with Crippen molar-refractivity contribution in [1.82, 2.24) is 24.7 Å². The quantitative estimate of drug-likeness (QED) is 0.318. The van der Waals surface area contributed by atoms with Crippen LogP contribution in [0.25, 0.3) is 5.69 Å². The molecule has 0 spiro atoms. The van der Waals surface area contributed by atoms with Gasteiger partial charge in [0.2, 0.25) is 0 Å². The van der Waals surface area contributed by atoms with Crippen LogP contribution in [0.15, 0.2) is 67.0 Å². The van der Waals surface area contributed by atoms with E-state index < -0.39 is 0 Å². The van der Waals surface area contributed by atoms with Gasteiger partial charge >= 0.3 is 0 Å². The summed E-state index contributed by atoms with van der Waals surface area (Å²) in [5.41, 5.74) is 2.90. The smallest absolute Gasteiger partial charge is 0.269 e. The molecule has 0 radical (unpaired) electrons. The van der Waals surface area contributed by atoms with E-state index in [0.717, 1.165) is 36.6 Å². The molecule has 1 saturated heterocycles. The van der Waals surface area contributed by atoms with Crippen molar-refractivity contribution in [2.45, 2.75) is 18.5 Å². The summed E-state index contributed by atoms with van der Waals surface area (Å²) < 4.78 is 2.07. The van der Waals surface area contributed by atoms with Gasteiger partial charge in [-0.15, -0.1) is 0 Å². The average Bonchev–Trinajstić information content (AvgIpc) is 3.39. The van der Waals surface area contributed by atoms with Crippen LogP contribution in [0.2, 0.25) is 0 Å². The van der Waals surface area contributed by atoms with Crippen molar-refractivity contribution in [2.75, 3.05) is 27.2 Å². The van der Waals surface area contributed by atoms with Crippen molar-refractivity contribution in [3.05, 3.63) is 88.5 Å². The number of nitro groups is 1. The summed E-state index contributed by atoms with van der Waals surface area (Å²) in [4.78, 5) is 19.7. The van der Waals surface area contributed by atoms with E-state index in [1.807, 2.05) is 30.5 Å². The molecular weight excluding hydrogens is 424 g/mol. The maximum Gasteiger partial charge on any atom is 0.269 e. The lowest BCUT2D eigenvalue weighted by Crippen LogP contribution is -2.32. The second kappa shape index (κ2) is 9.46. The van der Waals surface area contributed by atoms with Gasteiger partial charge in [0.05, 0.1) is 22.7 Å². The molecule has 4 rings (SSSR count). The molecule has 1 N–H and O–H groups in total. The monoisotopic (exact) mass is 450 g/mol. The average molecular weight is 451 g/mol. The van der Waals surface area contributed by atoms with E-state index in [4.69, 9.17) is 12.2 Å². The lowest BCUT2D eigenvalue weighted by Gasteiger charge is -2.29. The Labute approximate surface area is 192 Å². The lowest BCUT2D eigenvalue weighted by atomic mass is 10.0. The first-order valence-electron chi connectivity index (χ1n) is 10.5. The largest absolute Gasteiger partial charge is 0.352 e. The number of nitrogens with one attached hydrogen (secondary N) is 1. The predicted octanol–water partition coefficient (Wildman–Crippen LogP) is 3.70. The van der Waals surface area contributed by atoms with Gasteiger partial charge in [0, 0.05) is 42.5 Å². The van der Waals surface area contributed by atoms with Crippen LogP contribution in [0.1, 0.15) is 29.9 Å². The summed E-state index contributed by atoms with van der Waals surface area (Å²) in [5.74, 6) is 0. The molecule has 0 unspecified atom stereocenters. The number of thiocarbonyl (C=S) groups is 1. The Hall–Kier alpha value is -3.30. The van der Waals surface area contributed by atoms with E-state index in [0.29, 0.717) is 5.11 Å². The number of aromatic nitrogens is 2. The Morgan fingerprint density at radius 3 is 2.59 bits per heavy atom. The highest BCUT2D eigenvalue weighted by molar-refractivity contribution is 7.80. The maximum atomic E-state index is 11.1. The molecule has 8 nitrogen and oxygen atoms in total. The van der Waals surface area contributed by atoms with Crippen LogP contribution in [-0.4, -0.2) is 56.6 Å². The highest BCUT2D eigenvalue weighted by Crippen LogP contribution is 2.39. The van der Waals surface area contributed by atoms with Gasteiger partial charge in [-0.25, -0.2) is 0 Å². The number of benzene rings is 1. The third-order valence-corrected chi connectivity index (χ3v) is 5.98. The fourth-order valence-corrected chi connectivity index (χ4v) is 4.46. The van der Waals surface area contributed by atoms with Crippen LogP contribution < -0.4 is 5.32 Å². The summed E-state index contributed by atoms with van der Waals surface area (Å²) >= 11 is 5.74. The fourth-order valence-electron chi connectivity index (χ4n) is 4.13. The Kier molecular flexibility index (Phi) is 6.48. The first-order chi connectivity index (χ1) is 15.5. The first-order valence-corrected chi connectivity index (χ1v) is 10.9. The van der Waals surface area contributed by atoms with E-state index in [9.17, 15) is 10.1 Å². The molecule has 1 aromatic carbocycles. The zero-order chi connectivity index (χ0) is 22.7. The van der Waals surface area contributed by atoms with Gasteiger partial charge < -0.3 is 19.7 Å². The molecule has 3 aromatic rings. The highest BCUT2D eigenvalue weighted by atomic mass is 32.1. The summed E-state index contributed by atoms with van der Waals surface area (Å²) in [5, 5.41) is 15.2. The zero-order valence-electron chi connectivity index (χ0n) is 18.1. The van der Waals surface area contributed by atoms with Crippen LogP contribution in [0.3, 0.4) is 0 Å². The molecule has 3 heterocycles. The molecule has 0 saturated carbocycles. The molecule has 32 heavy (non-hydrogen) atoms. The van der Waals surface area contributed by atoms with E-state index in [-0.39, 0.29) is 22.7 Å². The molecule has 1 aliphatic heterocycles. The van der Waals surface area contributed by atoms with Gasteiger partial charge in [0.15, 0.2) is 5.11 Å². The normalized spacial score (nSPS) is 18.2. The maximum absolute atomic E-state index is 11.1. The number of nitrogens with zero attached hydrogens (tertiary/aromatic N) is 5. The van der Waals surface area contributed by atoms with Gasteiger partial charge in [0.1, 0.15) is 0 Å². The van der Waals surface area contributed by atoms with Gasteiger partial charge in [-0.1, -0.05) is 6.07 Å². The van der Waals surface area contributed by atoms with Crippen LogP contribution in [0.4, 0.5) is 5.69 Å². The molecule has 9 heteroatoms. The first kappa shape index (κ1) is 21.9. The molecule has 2 aromatic heterocycles. The SMILES string of the molecule is CN(C)CCCN1C(=S)N[C@H](c2ccccn2)[C@H]1c1cccn1-c1ccc([N+](=O)[O-])cc1. The minimum absolute atomic E-state index is 0.0650. The highest BCUT2D eigenvalue weighted by Gasteiger charge is 2.40. The molecule has 1 aliphatic rings. The number of pyridine rings is 1. The molecule has 0 aliphatic carbocycles. The number of nitro benzene ring substituents is 1. The van der Waals surface area contributed by atoms with E-state index in [1.54, 1.807) is 18.3 Å². The van der Waals surface area contributed by atoms with Crippen LogP contribution in [0, 0.1) is 10.1 Å². The van der Waals surface area contributed by atoms with Gasteiger partial charge in [-0.3, -0.25) is 15.1 Å². The zero-order valence-corrected chi connectivity index (χ0v) is 18.9. The number of non-ortho nitro benzene ring substituents is 1. The molecule has 0 amide bonds. The summed E-state index contributed by atoms with van der Waals surface area (Å²) in [6.45, 7) is 1.77. The summed E-state index contributed by atoms with van der Waals surface area (Å²) in [6.07, 6.45) is 4.74. The molecule has 2 atom stereocenters. The standard InChI is InChI=1S/C23H26N6O2S/c1-26(2)14-6-16-28-22(21(25-23(28)32)19-7-3-4-13-24-19)20-8-5-15-27(20)17-9-11-18(12-10-17)29(30)31/h3-5,7-13,15,21-22H,6,14,16H2,1-2H3,(H,25,32)/t21-,22-/m1/s1. The number of hydrogen-bond donors (Lipinski definition) is 1. The summed E-state index contributed by atoms with van der Waals surface area (Å²) in [6, 6.07) is 16.4. The summed E-state index contributed by atoms with van der Waals surface area (Å²) in [7, 11) is 4.13. The third-order valence-electron chi connectivity index (χ3n) is 5.62. The Bertz CT molecular complexity index is 1080. The molecular formula is C23H26N6O2S. The number of rotatable bonds is 8. The minimum atomic E-state index is -0.386. The van der Waals surface area contributed by atoms with Crippen molar-refractivity contribution in [3.8, 4) is 5.69 Å². The van der Waals surface area contributed by atoms with E-state index >= 15 is 0 Å². The Balaban J connectivity index is 1.72. The van der Waals surface area contributed by atoms with Gasteiger partial charge in [0.25, 0.3) is 5.69 Å². The van der Waals surface area contributed by atoms with Crippen molar-refractivity contribution in [3.63, 3.8) is 0 Å². The molecule has 0 bridgehead atoms. The van der Waals surface area contributed by atoms with Gasteiger partial charge in [-0.05, 0) is 75.7 Å². The fraction of sp³-hybridized carbons (Fsp3) is 0.304. The number of hydrogen-bond acceptors (Lipinski definition) is 5.